The maximum absolute atomic E-state index is 5.98. The van der Waals surface area contributed by atoms with Crippen molar-refractivity contribution in [1.82, 2.24) is 0 Å². The van der Waals surface area contributed by atoms with Gasteiger partial charge in [-0.1, -0.05) is 12.1 Å². The molecule has 2 N–H and O–H groups in total. The zero-order chi connectivity index (χ0) is 14.0. The number of benzene rings is 2. The van der Waals surface area contributed by atoms with Crippen LogP contribution in [0.15, 0.2) is 30.3 Å². The molecule has 2 rings (SSSR count). The largest absolute Gasteiger partial charge is 0.497 e. The molecule has 0 aliphatic rings. The quantitative estimate of drug-likeness (QED) is 0.845. The van der Waals surface area contributed by atoms with Crippen molar-refractivity contribution in [1.29, 1.82) is 0 Å². The molecule has 0 spiro atoms. The SMILES string of the molecule is COc1cc(N)cc(Oc2c(C)ccc(C)c2C)c1. The van der Waals surface area contributed by atoms with E-state index in [1.165, 1.54) is 5.56 Å². The number of nitrogen functional groups attached to an aromatic ring is 1. The van der Waals surface area contributed by atoms with Crippen molar-refractivity contribution >= 4 is 5.69 Å². The Kier molecular flexibility index (Phi) is 3.65. The van der Waals surface area contributed by atoms with Gasteiger partial charge in [0.15, 0.2) is 0 Å². The predicted octanol–water partition coefficient (Wildman–Crippen LogP) is 3.99. The second-order valence-corrected chi connectivity index (χ2v) is 4.70. The molecule has 0 radical (unpaired) electrons. The van der Waals surface area contributed by atoms with Crippen LogP contribution in [0.2, 0.25) is 0 Å². The molecule has 2 aromatic rings. The smallest absolute Gasteiger partial charge is 0.133 e. The van der Waals surface area contributed by atoms with E-state index >= 15 is 0 Å². The van der Waals surface area contributed by atoms with Crippen LogP contribution >= 0.6 is 0 Å². The van der Waals surface area contributed by atoms with Gasteiger partial charge in [-0.2, -0.15) is 0 Å². The zero-order valence-corrected chi connectivity index (χ0v) is 11.8. The van der Waals surface area contributed by atoms with E-state index in [2.05, 4.69) is 26.0 Å². The lowest BCUT2D eigenvalue weighted by Gasteiger charge is -2.14. The predicted molar refractivity (Wildman–Crippen MR) is 78.1 cm³/mol. The Hall–Kier alpha value is -2.16. The van der Waals surface area contributed by atoms with Gasteiger partial charge in [0.25, 0.3) is 0 Å². The van der Waals surface area contributed by atoms with E-state index in [1.54, 1.807) is 19.2 Å². The Morgan fingerprint density at radius 3 is 2.21 bits per heavy atom. The van der Waals surface area contributed by atoms with Crippen molar-refractivity contribution in [3.63, 3.8) is 0 Å². The van der Waals surface area contributed by atoms with Gasteiger partial charge in [-0.05, 0) is 37.5 Å². The Morgan fingerprint density at radius 1 is 0.895 bits per heavy atom. The van der Waals surface area contributed by atoms with Gasteiger partial charge < -0.3 is 15.2 Å². The van der Waals surface area contributed by atoms with Gasteiger partial charge in [-0.25, -0.2) is 0 Å². The second kappa shape index (κ2) is 5.22. The maximum atomic E-state index is 5.98. The lowest BCUT2D eigenvalue weighted by atomic mass is 10.1. The van der Waals surface area contributed by atoms with Crippen molar-refractivity contribution in [2.45, 2.75) is 20.8 Å². The fourth-order valence-electron chi connectivity index (χ4n) is 1.97. The molecule has 3 nitrogen and oxygen atoms in total. The van der Waals surface area contributed by atoms with Gasteiger partial charge in [0, 0.05) is 23.9 Å². The van der Waals surface area contributed by atoms with Crippen molar-refractivity contribution in [3.05, 3.63) is 47.0 Å². The van der Waals surface area contributed by atoms with Gasteiger partial charge in [0.1, 0.15) is 17.2 Å². The van der Waals surface area contributed by atoms with E-state index in [4.69, 9.17) is 15.2 Å². The second-order valence-electron chi connectivity index (χ2n) is 4.70. The van der Waals surface area contributed by atoms with Crippen LogP contribution in [0.4, 0.5) is 5.69 Å². The van der Waals surface area contributed by atoms with E-state index in [9.17, 15) is 0 Å². The summed E-state index contributed by atoms with van der Waals surface area (Å²) < 4.78 is 11.2. The molecule has 19 heavy (non-hydrogen) atoms. The third-order valence-electron chi connectivity index (χ3n) is 3.23. The van der Waals surface area contributed by atoms with Gasteiger partial charge in [0.05, 0.1) is 7.11 Å². The third kappa shape index (κ3) is 2.81. The number of hydrogen-bond donors (Lipinski definition) is 1. The highest BCUT2D eigenvalue weighted by Crippen LogP contribution is 2.33. The van der Waals surface area contributed by atoms with Gasteiger partial charge in [-0.3, -0.25) is 0 Å². The first-order valence-electron chi connectivity index (χ1n) is 6.20. The van der Waals surface area contributed by atoms with E-state index in [-0.39, 0.29) is 0 Å². The molecule has 0 amide bonds. The molecule has 0 aliphatic carbocycles. The van der Waals surface area contributed by atoms with Crippen LogP contribution in [0.25, 0.3) is 0 Å². The van der Waals surface area contributed by atoms with Crippen LogP contribution in [0.5, 0.6) is 17.2 Å². The molecule has 0 aliphatic heterocycles. The molecular weight excluding hydrogens is 238 g/mol. The summed E-state index contributed by atoms with van der Waals surface area (Å²) in [5.41, 5.74) is 9.90. The van der Waals surface area contributed by atoms with Crippen molar-refractivity contribution in [3.8, 4) is 17.2 Å². The fourth-order valence-corrected chi connectivity index (χ4v) is 1.97. The summed E-state index contributed by atoms with van der Waals surface area (Å²) in [6.45, 7) is 6.16. The Balaban J connectivity index is 2.41. The van der Waals surface area contributed by atoms with E-state index < -0.39 is 0 Å². The number of rotatable bonds is 3. The normalized spacial score (nSPS) is 10.3. The van der Waals surface area contributed by atoms with E-state index in [0.717, 1.165) is 16.9 Å². The standard InChI is InChI=1S/C16H19NO2/c1-10-5-6-11(2)16(12(10)3)19-15-8-13(17)7-14(9-15)18-4/h5-9H,17H2,1-4H3. The number of methoxy groups -OCH3 is 1. The summed E-state index contributed by atoms with van der Waals surface area (Å²) in [6.07, 6.45) is 0. The highest BCUT2D eigenvalue weighted by Gasteiger charge is 2.09. The molecule has 2 aromatic carbocycles. The fraction of sp³-hybridized carbons (Fsp3) is 0.250. The summed E-state index contributed by atoms with van der Waals surface area (Å²) >= 11 is 0. The Morgan fingerprint density at radius 2 is 1.53 bits per heavy atom. The molecule has 0 heterocycles. The number of ether oxygens (including phenoxy) is 2. The number of nitrogens with two attached hydrogens (primary N) is 1. The van der Waals surface area contributed by atoms with Gasteiger partial charge in [-0.15, -0.1) is 0 Å². The first-order valence-corrected chi connectivity index (χ1v) is 6.20. The molecule has 0 saturated heterocycles. The molecule has 0 saturated carbocycles. The molecule has 3 heteroatoms. The lowest BCUT2D eigenvalue weighted by molar-refractivity contribution is 0.409. The summed E-state index contributed by atoms with van der Waals surface area (Å²) in [5, 5.41) is 0. The Labute approximate surface area is 114 Å². The first kappa shape index (κ1) is 13.3. The average molecular weight is 257 g/mol. The number of anilines is 1. The van der Waals surface area contributed by atoms with Crippen LogP contribution in [-0.4, -0.2) is 7.11 Å². The summed E-state index contributed by atoms with van der Waals surface area (Å²) in [4.78, 5) is 0. The van der Waals surface area contributed by atoms with Crippen LogP contribution in [0, 0.1) is 20.8 Å². The Bertz CT molecular complexity index is 606. The third-order valence-corrected chi connectivity index (χ3v) is 3.23. The molecule has 0 aromatic heterocycles. The van der Waals surface area contributed by atoms with Crippen LogP contribution in [0.3, 0.4) is 0 Å². The minimum atomic E-state index is 0.623. The molecule has 0 fully saturated rings. The molecule has 0 unspecified atom stereocenters. The molecule has 100 valence electrons. The average Bonchev–Trinajstić information content (AvgIpc) is 2.38. The number of hydrogen-bond acceptors (Lipinski definition) is 3. The van der Waals surface area contributed by atoms with Gasteiger partial charge in [0.2, 0.25) is 0 Å². The van der Waals surface area contributed by atoms with Crippen LogP contribution in [-0.2, 0) is 0 Å². The topological polar surface area (TPSA) is 44.5 Å². The molecule has 0 bridgehead atoms. The van der Waals surface area contributed by atoms with E-state index in [1.807, 2.05) is 13.0 Å². The van der Waals surface area contributed by atoms with Crippen LogP contribution < -0.4 is 15.2 Å². The highest BCUT2D eigenvalue weighted by molar-refractivity contribution is 5.53. The van der Waals surface area contributed by atoms with Crippen molar-refractivity contribution < 1.29 is 9.47 Å². The minimum absolute atomic E-state index is 0.623. The zero-order valence-electron chi connectivity index (χ0n) is 11.8. The monoisotopic (exact) mass is 257 g/mol. The highest BCUT2D eigenvalue weighted by atomic mass is 16.5. The van der Waals surface area contributed by atoms with Crippen molar-refractivity contribution in [2.75, 3.05) is 12.8 Å². The first-order chi connectivity index (χ1) is 9.01. The molecular formula is C16H19NO2. The summed E-state index contributed by atoms with van der Waals surface area (Å²) in [5.74, 6) is 2.26. The minimum Gasteiger partial charge on any atom is -0.497 e. The summed E-state index contributed by atoms with van der Waals surface area (Å²) in [7, 11) is 1.61. The number of aryl methyl sites for hydroxylation is 2. The molecule has 0 atom stereocenters. The maximum Gasteiger partial charge on any atom is 0.133 e. The van der Waals surface area contributed by atoms with Crippen molar-refractivity contribution in [2.24, 2.45) is 0 Å². The lowest BCUT2D eigenvalue weighted by Crippen LogP contribution is -1.95. The van der Waals surface area contributed by atoms with Crippen LogP contribution in [0.1, 0.15) is 16.7 Å². The summed E-state index contributed by atoms with van der Waals surface area (Å²) in [6, 6.07) is 9.54. The van der Waals surface area contributed by atoms with E-state index in [0.29, 0.717) is 17.2 Å². The van der Waals surface area contributed by atoms with Gasteiger partial charge >= 0.3 is 0 Å².